The van der Waals surface area contributed by atoms with E-state index in [4.69, 9.17) is 5.11 Å². The van der Waals surface area contributed by atoms with Crippen molar-refractivity contribution in [2.45, 2.75) is 26.3 Å². The second-order valence-corrected chi connectivity index (χ2v) is 5.11. The summed E-state index contributed by atoms with van der Waals surface area (Å²) in [6, 6.07) is 3.47. The van der Waals surface area contributed by atoms with Crippen LogP contribution in [0, 0.1) is 5.92 Å². The number of nitrogens with zero attached hydrogens (tertiary/aromatic N) is 2. The Labute approximate surface area is 114 Å². The van der Waals surface area contributed by atoms with E-state index in [1.807, 2.05) is 32.8 Å². The second kappa shape index (κ2) is 7.09. The summed E-state index contributed by atoms with van der Waals surface area (Å²) in [6.07, 6.45) is 2.22. The molecule has 1 amide bonds. The van der Waals surface area contributed by atoms with Crippen molar-refractivity contribution in [3.05, 3.63) is 23.9 Å². The zero-order valence-corrected chi connectivity index (χ0v) is 12.1. The number of pyridine rings is 1. The number of aromatic nitrogens is 1. The van der Waals surface area contributed by atoms with Crippen molar-refractivity contribution in [2.75, 3.05) is 25.6 Å². The van der Waals surface area contributed by atoms with Crippen LogP contribution in [0.3, 0.4) is 0 Å². The van der Waals surface area contributed by atoms with Crippen LogP contribution in [-0.4, -0.2) is 42.7 Å². The molecule has 0 fully saturated rings. The molecule has 0 aromatic carbocycles. The first kappa shape index (κ1) is 15.4. The second-order valence-electron chi connectivity index (χ2n) is 5.11. The lowest BCUT2D eigenvalue weighted by Gasteiger charge is -2.23. The summed E-state index contributed by atoms with van der Waals surface area (Å²) >= 11 is 0. The van der Waals surface area contributed by atoms with E-state index in [0.717, 1.165) is 0 Å². The summed E-state index contributed by atoms with van der Waals surface area (Å²) in [5.41, 5.74) is 0.552. The molecule has 0 radical (unpaired) electrons. The van der Waals surface area contributed by atoms with E-state index in [0.29, 0.717) is 17.8 Å². The summed E-state index contributed by atoms with van der Waals surface area (Å²) in [5.74, 6) is 0.769. The molecule has 1 heterocycles. The van der Waals surface area contributed by atoms with Gasteiger partial charge in [0.25, 0.3) is 5.91 Å². The van der Waals surface area contributed by atoms with Crippen molar-refractivity contribution in [3.63, 3.8) is 0 Å². The molecule has 0 aliphatic heterocycles. The fraction of sp³-hybridized carbons (Fsp3) is 0.571. The van der Waals surface area contributed by atoms with Gasteiger partial charge in [-0.1, -0.05) is 13.8 Å². The third-order valence-corrected chi connectivity index (χ3v) is 3.02. The van der Waals surface area contributed by atoms with Gasteiger partial charge in [-0.15, -0.1) is 0 Å². The molecule has 5 heteroatoms. The molecule has 1 aromatic heterocycles. The van der Waals surface area contributed by atoms with Crippen LogP contribution in [-0.2, 0) is 0 Å². The van der Waals surface area contributed by atoms with Crippen LogP contribution < -0.4 is 10.2 Å². The first-order valence-corrected chi connectivity index (χ1v) is 6.51. The van der Waals surface area contributed by atoms with Crippen LogP contribution in [0.15, 0.2) is 18.3 Å². The summed E-state index contributed by atoms with van der Waals surface area (Å²) in [5, 5.41) is 12.0. The van der Waals surface area contributed by atoms with Crippen molar-refractivity contribution in [3.8, 4) is 0 Å². The first-order valence-electron chi connectivity index (χ1n) is 6.51. The number of aliphatic hydroxyl groups excluding tert-OH is 1. The molecule has 2 N–H and O–H groups in total. The Kier molecular flexibility index (Phi) is 5.76. The lowest BCUT2D eigenvalue weighted by Crippen LogP contribution is -2.39. The molecule has 0 aliphatic carbocycles. The largest absolute Gasteiger partial charge is 0.396 e. The number of hydrogen-bond donors (Lipinski definition) is 2. The highest BCUT2D eigenvalue weighted by Gasteiger charge is 2.19. The number of carbonyl (C=O) groups excluding carboxylic acids is 1. The minimum Gasteiger partial charge on any atom is -0.396 e. The Bertz CT molecular complexity index is 419. The average Bonchev–Trinajstić information content (AvgIpc) is 2.37. The number of rotatable bonds is 6. The van der Waals surface area contributed by atoms with E-state index < -0.39 is 0 Å². The number of aliphatic hydroxyl groups is 1. The fourth-order valence-corrected chi connectivity index (χ4v) is 1.89. The Hall–Kier alpha value is -1.62. The molecule has 1 aromatic rings. The minimum absolute atomic E-state index is 0.0345. The van der Waals surface area contributed by atoms with Crippen LogP contribution >= 0.6 is 0 Å². The van der Waals surface area contributed by atoms with Gasteiger partial charge in [-0.05, 0) is 24.5 Å². The highest BCUT2D eigenvalue weighted by Crippen LogP contribution is 2.15. The van der Waals surface area contributed by atoms with Crippen molar-refractivity contribution in [2.24, 2.45) is 5.92 Å². The zero-order chi connectivity index (χ0) is 14.4. The molecule has 0 saturated heterocycles. The number of nitrogens with one attached hydrogen (secondary N) is 1. The molecular weight excluding hydrogens is 242 g/mol. The molecule has 1 atom stereocenters. The molecule has 0 bridgehead atoms. The van der Waals surface area contributed by atoms with Gasteiger partial charge in [-0.25, -0.2) is 4.98 Å². The Morgan fingerprint density at radius 1 is 1.47 bits per heavy atom. The van der Waals surface area contributed by atoms with Gasteiger partial charge in [0.05, 0.1) is 5.56 Å². The summed E-state index contributed by atoms with van der Waals surface area (Å²) in [7, 11) is 3.71. The van der Waals surface area contributed by atoms with Crippen molar-refractivity contribution in [1.82, 2.24) is 10.3 Å². The molecule has 19 heavy (non-hydrogen) atoms. The van der Waals surface area contributed by atoms with Gasteiger partial charge in [0.1, 0.15) is 5.82 Å². The van der Waals surface area contributed by atoms with Crippen LogP contribution in [0.2, 0.25) is 0 Å². The van der Waals surface area contributed by atoms with E-state index in [2.05, 4.69) is 10.3 Å². The van der Waals surface area contributed by atoms with E-state index >= 15 is 0 Å². The van der Waals surface area contributed by atoms with Crippen LogP contribution in [0.4, 0.5) is 5.82 Å². The average molecular weight is 265 g/mol. The van der Waals surface area contributed by atoms with Crippen LogP contribution in [0.5, 0.6) is 0 Å². The third-order valence-electron chi connectivity index (χ3n) is 3.02. The number of amides is 1. The first-order chi connectivity index (χ1) is 8.97. The van der Waals surface area contributed by atoms with Crippen LogP contribution in [0.25, 0.3) is 0 Å². The number of anilines is 1. The maximum Gasteiger partial charge on any atom is 0.255 e. The molecule has 1 rings (SSSR count). The number of hydrogen-bond acceptors (Lipinski definition) is 4. The van der Waals surface area contributed by atoms with Gasteiger partial charge in [-0.3, -0.25) is 4.79 Å². The third kappa shape index (κ3) is 4.21. The maximum absolute atomic E-state index is 12.3. The molecule has 1 unspecified atom stereocenters. The zero-order valence-electron chi connectivity index (χ0n) is 12.1. The van der Waals surface area contributed by atoms with Gasteiger partial charge in [0, 0.05) is 32.9 Å². The van der Waals surface area contributed by atoms with Crippen molar-refractivity contribution >= 4 is 11.7 Å². The fourth-order valence-electron chi connectivity index (χ4n) is 1.89. The van der Waals surface area contributed by atoms with Gasteiger partial charge < -0.3 is 15.3 Å². The predicted octanol–water partition coefficient (Wildman–Crippen LogP) is 1.28. The van der Waals surface area contributed by atoms with Gasteiger partial charge in [-0.2, -0.15) is 0 Å². The Morgan fingerprint density at radius 3 is 2.68 bits per heavy atom. The maximum atomic E-state index is 12.3. The molecule has 0 saturated carbocycles. The van der Waals surface area contributed by atoms with Gasteiger partial charge in [0.15, 0.2) is 0 Å². The summed E-state index contributed by atoms with van der Waals surface area (Å²) < 4.78 is 0. The standard InChI is InChI=1S/C14H23N3O2/c1-10(2)12(7-9-18)16-14(19)11-6-5-8-15-13(11)17(3)4/h5-6,8,10,12,18H,7,9H2,1-4H3,(H,16,19). The van der Waals surface area contributed by atoms with Gasteiger partial charge in [0.2, 0.25) is 0 Å². The normalized spacial score (nSPS) is 12.3. The van der Waals surface area contributed by atoms with E-state index in [1.54, 1.807) is 18.3 Å². The van der Waals surface area contributed by atoms with E-state index in [9.17, 15) is 4.79 Å². The smallest absolute Gasteiger partial charge is 0.255 e. The van der Waals surface area contributed by atoms with Crippen molar-refractivity contribution < 1.29 is 9.90 Å². The summed E-state index contributed by atoms with van der Waals surface area (Å²) in [6.45, 7) is 4.12. The molecule has 106 valence electrons. The van der Waals surface area contributed by atoms with Crippen LogP contribution in [0.1, 0.15) is 30.6 Å². The van der Waals surface area contributed by atoms with E-state index in [1.165, 1.54) is 0 Å². The molecule has 0 spiro atoms. The van der Waals surface area contributed by atoms with Crippen molar-refractivity contribution in [1.29, 1.82) is 0 Å². The number of carbonyl (C=O) groups is 1. The minimum atomic E-state index is -0.149. The Morgan fingerprint density at radius 2 is 2.16 bits per heavy atom. The summed E-state index contributed by atoms with van der Waals surface area (Å²) in [4.78, 5) is 18.3. The SMILES string of the molecule is CC(C)C(CCO)NC(=O)c1cccnc1N(C)C. The predicted molar refractivity (Wildman–Crippen MR) is 76.4 cm³/mol. The highest BCUT2D eigenvalue weighted by molar-refractivity contribution is 5.99. The molecule has 0 aliphatic rings. The Balaban J connectivity index is 2.88. The topological polar surface area (TPSA) is 65.5 Å². The van der Waals surface area contributed by atoms with E-state index in [-0.39, 0.29) is 24.5 Å². The lowest BCUT2D eigenvalue weighted by molar-refractivity contribution is 0.0917. The quantitative estimate of drug-likeness (QED) is 0.813. The lowest BCUT2D eigenvalue weighted by atomic mass is 10.0. The van der Waals surface area contributed by atoms with Gasteiger partial charge >= 0.3 is 0 Å². The highest BCUT2D eigenvalue weighted by atomic mass is 16.3. The molecular formula is C14H23N3O2. The monoisotopic (exact) mass is 265 g/mol. The molecule has 5 nitrogen and oxygen atoms in total.